The first kappa shape index (κ1) is 7.99. The van der Waals surface area contributed by atoms with Gasteiger partial charge in [0.1, 0.15) is 0 Å². The molecule has 0 fully saturated rings. The first-order valence-electron chi connectivity index (χ1n) is 4.28. The van der Waals surface area contributed by atoms with Crippen LogP contribution in [0.15, 0.2) is 47.6 Å². The van der Waals surface area contributed by atoms with Crippen LogP contribution in [0.4, 0.5) is 0 Å². The minimum absolute atomic E-state index is 0.851. The quantitative estimate of drug-likeness (QED) is 0.613. The van der Waals surface area contributed by atoms with Gasteiger partial charge in [0.05, 0.1) is 5.70 Å². The predicted molar refractivity (Wildman–Crippen MR) is 56.8 cm³/mol. The molecule has 0 aromatic heterocycles. The van der Waals surface area contributed by atoms with Gasteiger partial charge in [-0.05, 0) is 18.6 Å². The topological polar surface area (TPSA) is 12.4 Å². The van der Waals surface area contributed by atoms with Crippen LogP contribution in [0.25, 0.3) is 5.57 Å². The molecule has 64 valence electrons. The van der Waals surface area contributed by atoms with Crippen LogP contribution >= 0.6 is 0 Å². The number of hydrogen-bond acceptors (Lipinski definition) is 1. The Hall–Kier alpha value is -1.63. The fourth-order valence-corrected chi connectivity index (χ4v) is 1.36. The average Bonchev–Trinajstić information content (AvgIpc) is 2.53. The van der Waals surface area contributed by atoms with Gasteiger partial charge in [0.2, 0.25) is 0 Å². The van der Waals surface area contributed by atoms with E-state index in [-0.39, 0.29) is 0 Å². The summed E-state index contributed by atoms with van der Waals surface area (Å²) in [7, 11) is 0. The molecule has 1 aromatic carbocycles. The third-order valence-electron chi connectivity index (χ3n) is 2.15. The maximum Gasteiger partial charge on any atom is 0.0636 e. The summed E-state index contributed by atoms with van der Waals surface area (Å²) in [5.74, 6) is 0. The van der Waals surface area contributed by atoms with Gasteiger partial charge in [-0.2, -0.15) is 0 Å². The van der Waals surface area contributed by atoms with E-state index in [9.17, 15) is 0 Å². The van der Waals surface area contributed by atoms with Gasteiger partial charge in [-0.3, -0.25) is 4.99 Å². The molecule has 0 saturated heterocycles. The lowest BCUT2D eigenvalue weighted by Crippen LogP contribution is -1.83. The van der Waals surface area contributed by atoms with Crippen LogP contribution in [0, 0.1) is 6.92 Å². The first-order chi connectivity index (χ1) is 6.27. The number of benzene rings is 1. The molecule has 13 heavy (non-hydrogen) atoms. The average molecular weight is 169 g/mol. The number of aryl methyl sites for hydroxylation is 1. The number of nitrogens with zero attached hydrogens (tertiary/aromatic N) is 1. The van der Waals surface area contributed by atoms with Crippen molar-refractivity contribution in [1.29, 1.82) is 0 Å². The fraction of sp³-hybridized carbons (Fsp3) is 0.0833. The maximum absolute atomic E-state index is 4.10. The third kappa shape index (κ3) is 1.45. The Kier molecular flexibility index (Phi) is 1.85. The SMILES string of the molecule is C=C1N=CC=C1c1ccc(C)cc1. The maximum atomic E-state index is 4.10. The lowest BCUT2D eigenvalue weighted by atomic mass is 10.0. The number of aliphatic imine (C=N–C) groups is 1. The summed E-state index contributed by atoms with van der Waals surface area (Å²) in [6, 6.07) is 8.39. The van der Waals surface area contributed by atoms with Gasteiger partial charge in [0.25, 0.3) is 0 Å². The minimum Gasteiger partial charge on any atom is -0.257 e. The van der Waals surface area contributed by atoms with Crippen molar-refractivity contribution >= 4 is 11.8 Å². The molecule has 0 N–H and O–H groups in total. The highest BCUT2D eigenvalue weighted by Crippen LogP contribution is 2.25. The van der Waals surface area contributed by atoms with Gasteiger partial charge in [-0.25, -0.2) is 0 Å². The molecule has 2 rings (SSSR count). The lowest BCUT2D eigenvalue weighted by molar-refractivity contribution is 1.43. The Balaban J connectivity index is 2.38. The third-order valence-corrected chi connectivity index (χ3v) is 2.15. The van der Waals surface area contributed by atoms with Gasteiger partial charge < -0.3 is 0 Å². The van der Waals surface area contributed by atoms with E-state index in [1.165, 1.54) is 11.1 Å². The van der Waals surface area contributed by atoms with Gasteiger partial charge in [-0.1, -0.05) is 36.4 Å². The smallest absolute Gasteiger partial charge is 0.0636 e. The van der Waals surface area contributed by atoms with Crippen LogP contribution in [0.2, 0.25) is 0 Å². The normalized spacial score (nSPS) is 14.8. The first-order valence-corrected chi connectivity index (χ1v) is 4.28. The Morgan fingerprint density at radius 3 is 2.38 bits per heavy atom. The van der Waals surface area contributed by atoms with E-state index in [1.807, 2.05) is 6.08 Å². The van der Waals surface area contributed by atoms with Crippen molar-refractivity contribution in [1.82, 2.24) is 0 Å². The largest absolute Gasteiger partial charge is 0.257 e. The zero-order valence-electron chi connectivity index (χ0n) is 7.62. The molecular weight excluding hydrogens is 158 g/mol. The van der Waals surface area contributed by atoms with E-state index in [1.54, 1.807) is 6.21 Å². The van der Waals surface area contributed by atoms with E-state index < -0.39 is 0 Å². The van der Waals surface area contributed by atoms with Crippen LogP contribution in [-0.4, -0.2) is 6.21 Å². The molecule has 1 aliphatic heterocycles. The van der Waals surface area contributed by atoms with Gasteiger partial charge in [-0.15, -0.1) is 0 Å². The molecule has 0 unspecified atom stereocenters. The van der Waals surface area contributed by atoms with Crippen molar-refractivity contribution in [3.63, 3.8) is 0 Å². The van der Waals surface area contributed by atoms with Gasteiger partial charge in [0.15, 0.2) is 0 Å². The highest BCUT2D eigenvalue weighted by atomic mass is 14.7. The summed E-state index contributed by atoms with van der Waals surface area (Å²) in [6.45, 7) is 5.95. The molecule has 0 spiro atoms. The molecule has 0 radical (unpaired) electrons. The molecule has 1 heteroatoms. The van der Waals surface area contributed by atoms with Crippen LogP contribution in [-0.2, 0) is 0 Å². The van der Waals surface area contributed by atoms with Crippen molar-refractivity contribution in [3.8, 4) is 0 Å². The van der Waals surface area contributed by atoms with E-state index in [0.717, 1.165) is 11.3 Å². The number of allylic oxidation sites excluding steroid dienone is 2. The van der Waals surface area contributed by atoms with E-state index in [4.69, 9.17) is 0 Å². The molecule has 0 aliphatic carbocycles. The molecule has 0 amide bonds. The van der Waals surface area contributed by atoms with Crippen LogP contribution in [0.3, 0.4) is 0 Å². The van der Waals surface area contributed by atoms with Crippen LogP contribution in [0.5, 0.6) is 0 Å². The molecule has 1 aliphatic rings. The van der Waals surface area contributed by atoms with E-state index in [0.29, 0.717) is 0 Å². The van der Waals surface area contributed by atoms with Gasteiger partial charge >= 0.3 is 0 Å². The van der Waals surface area contributed by atoms with Gasteiger partial charge in [0, 0.05) is 11.8 Å². The van der Waals surface area contributed by atoms with Crippen molar-refractivity contribution in [2.45, 2.75) is 6.92 Å². The number of rotatable bonds is 1. The monoisotopic (exact) mass is 169 g/mol. The molecule has 0 saturated carbocycles. The lowest BCUT2D eigenvalue weighted by Gasteiger charge is -2.02. The van der Waals surface area contributed by atoms with Crippen LogP contribution in [0.1, 0.15) is 11.1 Å². The summed E-state index contributed by atoms with van der Waals surface area (Å²) >= 11 is 0. The standard InChI is InChI=1S/C12H11N/c1-9-3-5-11(6-4-9)12-7-8-13-10(12)2/h3-8H,2H2,1H3. The summed E-state index contributed by atoms with van der Waals surface area (Å²) in [4.78, 5) is 4.10. The zero-order chi connectivity index (χ0) is 9.26. The minimum atomic E-state index is 0.851. The predicted octanol–water partition coefficient (Wildman–Crippen LogP) is 2.98. The number of hydrogen-bond donors (Lipinski definition) is 0. The molecule has 1 aromatic rings. The van der Waals surface area contributed by atoms with Crippen LogP contribution < -0.4 is 0 Å². The molecule has 1 heterocycles. The molecule has 1 nitrogen and oxygen atoms in total. The fourth-order valence-electron chi connectivity index (χ4n) is 1.36. The molecular formula is C12H11N. The summed E-state index contributed by atoms with van der Waals surface area (Å²) in [6.07, 6.45) is 3.78. The Morgan fingerprint density at radius 2 is 1.85 bits per heavy atom. The van der Waals surface area contributed by atoms with E-state index in [2.05, 4.69) is 42.8 Å². The van der Waals surface area contributed by atoms with Crippen molar-refractivity contribution < 1.29 is 0 Å². The molecule has 0 bridgehead atoms. The summed E-state index contributed by atoms with van der Waals surface area (Å²) in [5.41, 5.74) is 4.44. The second kappa shape index (κ2) is 3.02. The highest BCUT2D eigenvalue weighted by Gasteiger charge is 2.07. The Morgan fingerprint density at radius 1 is 1.15 bits per heavy atom. The van der Waals surface area contributed by atoms with E-state index >= 15 is 0 Å². The summed E-state index contributed by atoms with van der Waals surface area (Å²) in [5, 5.41) is 0. The Bertz CT molecular complexity index is 394. The van der Waals surface area contributed by atoms with Crippen molar-refractivity contribution in [3.05, 3.63) is 53.7 Å². The molecule has 0 atom stereocenters. The van der Waals surface area contributed by atoms with Crippen molar-refractivity contribution in [2.75, 3.05) is 0 Å². The Labute approximate surface area is 78.1 Å². The second-order valence-electron chi connectivity index (χ2n) is 3.17. The van der Waals surface area contributed by atoms with Crippen molar-refractivity contribution in [2.24, 2.45) is 4.99 Å². The summed E-state index contributed by atoms with van der Waals surface area (Å²) < 4.78 is 0. The second-order valence-corrected chi connectivity index (χ2v) is 3.17. The highest BCUT2D eigenvalue weighted by molar-refractivity contribution is 5.96. The zero-order valence-corrected chi connectivity index (χ0v) is 7.62.